The average molecular weight is 698 g/mol. The topological polar surface area (TPSA) is 143 Å². The number of amides is 2. The van der Waals surface area contributed by atoms with Crippen LogP contribution in [0.3, 0.4) is 0 Å². The summed E-state index contributed by atoms with van der Waals surface area (Å²) in [5.41, 5.74) is 12.9. The van der Waals surface area contributed by atoms with E-state index in [2.05, 4.69) is 34.9 Å². The average Bonchev–Trinajstić information content (AvgIpc) is 3.15. The highest BCUT2D eigenvalue weighted by atomic mass is 32.2. The fraction of sp³-hybridized carbons (Fsp3) is 0.350. The molecule has 50 heavy (non-hydrogen) atoms. The second kappa shape index (κ2) is 19.3. The molecule has 10 heteroatoms. The largest absolute Gasteiger partial charge is 0.397 e. The Bertz CT molecular complexity index is 1680. The molecule has 264 valence electrons. The number of hydrogen-bond donors (Lipinski definition) is 5. The van der Waals surface area contributed by atoms with Crippen molar-refractivity contribution in [1.29, 1.82) is 0 Å². The lowest BCUT2D eigenvalue weighted by atomic mass is 9.99. The molecule has 1 aliphatic heterocycles. The van der Waals surface area contributed by atoms with Crippen LogP contribution in [-0.2, 0) is 32.2 Å². The molecule has 1 saturated heterocycles. The highest BCUT2D eigenvalue weighted by Gasteiger charge is 2.32. The first-order valence-corrected chi connectivity index (χ1v) is 18.4. The first-order valence-electron chi connectivity index (χ1n) is 17.2. The van der Waals surface area contributed by atoms with Gasteiger partial charge in [-0.15, -0.1) is 0 Å². The van der Waals surface area contributed by atoms with Gasteiger partial charge < -0.3 is 36.1 Å². The molecule has 0 aromatic heterocycles. The minimum Gasteiger partial charge on any atom is -0.397 e. The number of aliphatic hydroxyl groups is 2. The summed E-state index contributed by atoms with van der Waals surface area (Å²) in [7, 11) is 0. The van der Waals surface area contributed by atoms with Crippen molar-refractivity contribution in [3.05, 3.63) is 119 Å². The van der Waals surface area contributed by atoms with Gasteiger partial charge in [0.05, 0.1) is 36.8 Å². The standard InChI is InChI=1S/C40H47N3O6S/c41-35-12-4-5-13-36(35)43-39(47)15-3-1-2-14-38(46)42-25-29-8-6-9-31(22-29)32-10-7-11-33(23-32)40-48-34(27-50-21-20-44)24-37(49-40)30-18-16-28(26-45)17-19-30/h4-13,16-19,22-23,34,37,40,44-45H,1-3,14-15,20-21,24-27,41H2,(H,42,46)(H,43,47)/t34-,37+,40+/m1/s1. The molecule has 0 bridgehead atoms. The number of carbonyl (C=O) groups is 2. The van der Waals surface area contributed by atoms with E-state index in [0.717, 1.165) is 45.6 Å². The maximum Gasteiger partial charge on any atom is 0.224 e. The van der Waals surface area contributed by atoms with Crippen LogP contribution in [0.15, 0.2) is 97.1 Å². The van der Waals surface area contributed by atoms with Crippen LogP contribution < -0.4 is 16.4 Å². The van der Waals surface area contributed by atoms with Crippen LogP contribution in [0, 0.1) is 0 Å². The highest BCUT2D eigenvalue weighted by Crippen LogP contribution is 2.39. The molecule has 3 atom stereocenters. The maximum absolute atomic E-state index is 12.6. The number of hydrogen-bond acceptors (Lipinski definition) is 8. The van der Waals surface area contributed by atoms with Crippen molar-refractivity contribution in [3.8, 4) is 11.1 Å². The van der Waals surface area contributed by atoms with Crippen LogP contribution in [0.5, 0.6) is 0 Å². The van der Waals surface area contributed by atoms with Crippen molar-refractivity contribution in [2.45, 2.75) is 70.2 Å². The molecular weight excluding hydrogens is 651 g/mol. The number of aliphatic hydroxyl groups excluding tert-OH is 2. The smallest absolute Gasteiger partial charge is 0.224 e. The van der Waals surface area contributed by atoms with Gasteiger partial charge in [-0.1, -0.05) is 79.2 Å². The fourth-order valence-corrected chi connectivity index (χ4v) is 6.66. The van der Waals surface area contributed by atoms with E-state index in [1.54, 1.807) is 23.9 Å². The maximum atomic E-state index is 12.6. The fourth-order valence-electron chi connectivity index (χ4n) is 5.89. The summed E-state index contributed by atoms with van der Waals surface area (Å²) in [5, 5.41) is 24.6. The summed E-state index contributed by atoms with van der Waals surface area (Å²) in [6.07, 6.45) is 2.89. The Kier molecular flexibility index (Phi) is 14.3. The molecule has 0 spiro atoms. The Labute approximate surface area is 298 Å². The molecule has 4 aromatic rings. The zero-order valence-electron chi connectivity index (χ0n) is 28.3. The normalized spacial score (nSPS) is 17.3. The molecular formula is C40H47N3O6S. The van der Waals surface area contributed by atoms with E-state index in [0.29, 0.717) is 55.8 Å². The molecule has 4 aromatic carbocycles. The summed E-state index contributed by atoms with van der Waals surface area (Å²) in [4.78, 5) is 24.8. The van der Waals surface area contributed by atoms with Gasteiger partial charge in [0.2, 0.25) is 11.8 Å². The predicted molar refractivity (Wildman–Crippen MR) is 199 cm³/mol. The second-order valence-corrected chi connectivity index (χ2v) is 13.6. The number of para-hydroxylation sites is 2. The minimum atomic E-state index is -0.564. The van der Waals surface area contributed by atoms with Crippen molar-refractivity contribution < 1.29 is 29.3 Å². The van der Waals surface area contributed by atoms with E-state index in [4.69, 9.17) is 15.2 Å². The quantitative estimate of drug-likeness (QED) is 0.0592. The van der Waals surface area contributed by atoms with Gasteiger partial charge in [0, 0.05) is 42.9 Å². The Morgan fingerprint density at radius 2 is 1.52 bits per heavy atom. The number of ether oxygens (including phenoxy) is 2. The number of nitrogen functional groups attached to an aromatic ring is 1. The minimum absolute atomic E-state index is 0.00606. The van der Waals surface area contributed by atoms with Crippen molar-refractivity contribution in [2.24, 2.45) is 0 Å². The number of benzene rings is 4. The Hall–Kier alpha value is -4.19. The third-order valence-corrected chi connectivity index (χ3v) is 9.68. The van der Waals surface area contributed by atoms with E-state index in [1.807, 2.05) is 60.7 Å². The van der Waals surface area contributed by atoms with Crippen LogP contribution in [0.25, 0.3) is 11.1 Å². The number of carbonyl (C=O) groups excluding carboxylic acids is 2. The summed E-state index contributed by atoms with van der Waals surface area (Å²) in [6, 6.07) is 31.3. The van der Waals surface area contributed by atoms with E-state index in [9.17, 15) is 19.8 Å². The molecule has 0 radical (unpaired) electrons. The van der Waals surface area contributed by atoms with Crippen LogP contribution in [-0.4, -0.2) is 46.2 Å². The van der Waals surface area contributed by atoms with Gasteiger partial charge in [-0.05, 0) is 64.9 Å². The van der Waals surface area contributed by atoms with Crippen LogP contribution in [0.1, 0.15) is 73.2 Å². The number of nitrogens with two attached hydrogens (primary N) is 1. The summed E-state index contributed by atoms with van der Waals surface area (Å²) in [5.74, 6) is 1.31. The van der Waals surface area contributed by atoms with Crippen LogP contribution in [0.2, 0.25) is 0 Å². The van der Waals surface area contributed by atoms with Crippen molar-refractivity contribution in [1.82, 2.24) is 5.32 Å². The lowest BCUT2D eigenvalue weighted by molar-refractivity contribution is -0.245. The Morgan fingerprint density at radius 3 is 2.28 bits per heavy atom. The summed E-state index contributed by atoms with van der Waals surface area (Å²) >= 11 is 1.66. The van der Waals surface area contributed by atoms with Gasteiger partial charge in [-0.2, -0.15) is 11.8 Å². The van der Waals surface area contributed by atoms with Gasteiger partial charge in [-0.3, -0.25) is 9.59 Å². The first-order chi connectivity index (χ1) is 24.4. The third-order valence-electron chi connectivity index (χ3n) is 8.61. The monoisotopic (exact) mass is 697 g/mol. The van der Waals surface area contributed by atoms with Crippen molar-refractivity contribution in [3.63, 3.8) is 0 Å². The SMILES string of the molecule is Nc1ccccc1NC(=O)CCCCCC(=O)NCc1cccc(-c2cccc([C@H]3O[C@@H](CSCCO)C[C@@H](c4ccc(CO)cc4)O3)c2)c1. The van der Waals surface area contributed by atoms with Crippen molar-refractivity contribution in [2.75, 3.05) is 29.2 Å². The van der Waals surface area contributed by atoms with E-state index >= 15 is 0 Å². The molecule has 1 fully saturated rings. The number of anilines is 2. The molecule has 1 heterocycles. The molecule has 9 nitrogen and oxygen atoms in total. The van der Waals surface area contributed by atoms with Gasteiger partial charge in [-0.25, -0.2) is 0 Å². The Balaban J connectivity index is 1.13. The zero-order chi connectivity index (χ0) is 35.1. The van der Waals surface area contributed by atoms with Gasteiger partial charge in [0.15, 0.2) is 6.29 Å². The van der Waals surface area contributed by atoms with E-state index in [-0.39, 0.29) is 37.2 Å². The number of nitrogens with one attached hydrogen (secondary N) is 2. The summed E-state index contributed by atoms with van der Waals surface area (Å²) in [6.45, 7) is 0.544. The predicted octanol–water partition coefficient (Wildman–Crippen LogP) is 6.90. The van der Waals surface area contributed by atoms with Gasteiger partial charge in [0.25, 0.3) is 0 Å². The van der Waals surface area contributed by atoms with E-state index < -0.39 is 6.29 Å². The molecule has 5 rings (SSSR count). The Morgan fingerprint density at radius 1 is 0.780 bits per heavy atom. The zero-order valence-corrected chi connectivity index (χ0v) is 29.1. The summed E-state index contributed by atoms with van der Waals surface area (Å²) < 4.78 is 13.0. The van der Waals surface area contributed by atoms with Gasteiger partial charge in [0.1, 0.15) is 0 Å². The van der Waals surface area contributed by atoms with E-state index in [1.165, 1.54) is 0 Å². The van der Waals surface area contributed by atoms with Crippen molar-refractivity contribution >= 4 is 35.0 Å². The lowest BCUT2D eigenvalue weighted by Gasteiger charge is -2.36. The highest BCUT2D eigenvalue weighted by molar-refractivity contribution is 7.99. The second-order valence-electron chi connectivity index (χ2n) is 12.4. The molecule has 0 unspecified atom stereocenters. The van der Waals surface area contributed by atoms with Crippen LogP contribution >= 0.6 is 11.8 Å². The molecule has 6 N–H and O–H groups in total. The molecule has 0 saturated carbocycles. The first kappa shape index (κ1) is 37.1. The number of unbranched alkanes of at least 4 members (excludes halogenated alkanes) is 2. The third kappa shape index (κ3) is 11.2. The molecule has 2 amide bonds. The van der Waals surface area contributed by atoms with Gasteiger partial charge >= 0.3 is 0 Å². The number of rotatable bonds is 17. The molecule has 1 aliphatic rings. The molecule has 0 aliphatic carbocycles. The lowest BCUT2D eigenvalue weighted by Crippen LogP contribution is -2.31. The van der Waals surface area contributed by atoms with Crippen LogP contribution in [0.4, 0.5) is 11.4 Å². The number of thioether (sulfide) groups is 1.